The number of fused-ring (bicyclic) bond motifs is 2. The molecule has 4 heteroatoms. The molecule has 4 atom stereocenters. The number of carbonyl (C=O) groups excluding carboxylic acids is 1. The minimum absolute atomic E-state index is 0. The summed E-state index contributed by atoms with van der Waals surface area (Å²) in [6.07, 6.45) is 8.06. The average Bonchev–Trinajstić information content (AvgIpc) is 2.95. The summed E-state index contributed by atoms with van der Waals surface area (Å²) in [6, 6.07) is 0.860. The molecule has 0 aromatic rings. The van der Waals surface area contributed by atoms with E-state index in [1.54, 1.807) is 0 Å². The number of halogens is 1. The van der Waals surface area contributed by atoms with E-state index in [1.165, 1.54) is 25.7 Å². The van der Waals surface area contributed by atoms with Crippen LogP contribution in [-0.2, 0) is 4.79 Å². The number of likely N-dealkylation sites (tertiary alicyclic amines) is 1. The highest BCUT2D eigenvalue weighted by molar-refractivity contribution is 5.85. The molecule has 2 saturated carbocycles. The first-order valence-electron chi connectivity index (χ1n) is 6.79. The number of nitrogens with two attached hydrogens (primary N) is 1. The lowest BCUT2D eigenvalue weighted by atomic mass is 9.99. The van der Waals surface area contributed by atoms with Gasteiger partial charge in [0, 0.05) is 25.0 Å². The summed E-state index contributed by atoms with van der Waals surface area (Å²) < 4.78 is 0. The van der Waals surface area contributed by atoms with Gasteiger partial charge in [0.1, 0.15) is 0 Å². The molecule has 1 amide bonds. The largest absolute Gasteiger partial charge is 0.339 e. The molecule has 3 fully saturated rings. The Labute approximate surface area is 110 Å². The van der Waals surface area contributed by atoms with Gasteiger partial charge < -0.3 is 10.6 Å². The van der Waals surface area contributed by atoms with E-state index in [2.05, 4.69) is 4.90 Å². The average molecular weight is 259 g/mol. The SMILES string of the molecule is Cl.N[C@@H]1CCC[C@H]1CC(=O)N1CC2CCC1C2. The van der Waals surface area contributed by atoms with Gasteiger partial charge in [0.15, 0.2) is 0 Å². The minimum atomic E-state index is 0. The van der Waals surface area contributed by atoms with Crippen molar-refractivity contribution in [2.75, 3.05) is 6.54 Å². The van der Waals surface area contributed by atoms with Gasteiger partial charge in [-0.25, -0.2) is 0 Å². The first-order chi connectivity index (χ1) is 7.74. The van der Waals surface area contributed by atoms with Crippen LogP contribution < -0.4 is 5.73 Å². The quantitative estimate of drug-likeness (QED) is 0.823. The van der Waals surface area contributed by atoms with Crippen molar-refractivity contribution in [1.82, 2.24) is 4.90 Å². The van der Waals surface area contributed by atoms with Crippen molar-refractivity contribution in [2.45, 2.75) is 57.0 Å². The first kappa shape index (κ1) is 13.2. The number of rotatable bonds is 2. The minimum Gasteiger partial charge on any atom is -0.339 e. The number of hydrogen-bond donors (Lipinski definition) is 1. The number of carbonyl (C=O) groups is 1. The van der Waals surface area contributed by atoms with Crippen LogP contribution in [0.5, 0.6) is 0 Å². The van der Waals surface area contributed by atoms with Gasteiger partial charge in [0.05, 0.1) is 0 Å². The van der Waals surface area contributed by atoms with E-state index in [1.807, 2.05) is 0 Å². The van der Waals surface area contributed by atoms with E-state index in [0.717, 1.165) is 25.3 Å². The fourth-order valence-corrected chi connectivity index (χ4v) is 3.89. The molecular weight excluding hydrogens is 236 g/mol. The molecule has 3 nitrogen and oxygen atoms in total. The molecule has 2 bridgehead atoms. The van der Waals surface area contributed by atoms with Crippen LogP contribution in [0.3, 0.4) is 0 Å². The maximum atomic E-state index is 12.2. The molecule has 98 valence electrons. The van der Waals surface area contributed by atoms with Gasteiger partial charge in [-0.2, -0.15) is 0 Å². The molecule has 2 aliphatic carbocycles. The Kier molecular flexibility index (Phi) is 3.99. The molecule has 1 saturated heterocycles. The number of hydrogen-bond acceptors (Lipinski definition) is 2. The van der Waals surface area contributed by atoms with E-state index in [-0.39, 0.29) is 18.4 Å². The molecule has 0 spiro atoms. The van der Waals surface area contributed by atoms with Gasteiger partial charge in [-0.1, -0.05) is 6.42 Å². The monoisotopic (exact) mass is 258 g/mol. The second-order valence-electron chi connectivity index (χ2n) is 5.94. The summed E-state index contributed by atoms with van der Waals surface area (Å²) >= 11 is 0. The van der Waals surface area contributed by atoms with Crippen LogP contribution in [0.15, 0.2) is 0 Å². The van der Waals surface area contributed by atoms with Gasteiger partial charge in [0.2, 0.25) is 5.91 Å². The maximum Gasteiger partial charge on any atom is 0.223 e. The summed E-state index contributed by atoms with van der Waals surface area (Å²) in [5.41, 5.74) is 6.03. The lowest BCUT2D eigenvalue weighted by Crippen LogP contribution is -2.40. The molecule has 0 aromatic heterocycles. The van der Waals surface area contributed by atoms with Crippen molar-refractivity contribution in [3.05, 3.63) is 0 Å². The number of nitrogens with zero attached hydrogens (tertiary/aromatic N) is 1. The molecule has 0 radical (unpaired) electrons. The molecule has 2 N–H and O–H groups in total. The molecule has 17 heavy (non-hydrogen) atoms. The van der Waals surface area contributed by atoms with Crippen molar-refractivity contribution in [1.29, 1.82) is 0 Å². The third kappa shape index (κ3) is 2.45. The van der Waals surface area contributed by atoms with Crippen LogP contribution >= 0.6 is 12.4 Å². The van der Waals surface area contributed by atoms with Crippen molar-refractivity contribution < 1.29 is 4.79 Å². The Morgan fingerprint density at radius 3 is 2.59 bits per heavy atom. The normalized spacial score (nSPS) is 39.5. The number of amides is 1. The smallest absolute Gasteiger partial charge is 0.223 e. The molecule has 0 aromatic carbocycles. The summed E-state index contributed by atoms with van der Waals surface area (Å²) in [5, 5.41) is 0. The van der Waals surface area contributed by atoms with E-state index in [4.69, 9.17) is 5.73 Å². The topological polar surface area (TPSA) is 46.3 Å². The van der Waals surface area contributed by atoms with Gasteiger partial charge in [-0.05, 0) is 43.9 Å². The van der Waals surface area contributed by atoms with Gasteiger partial charge >= 0.3 is 0 Å². The van der Waals surface area contributed by atoms with Crippen LogP contribution in [0.1, 0.15) is 44.9 Å². The zero-order chi connectivity index (χ0) is 11.1. The van der Waals surface area contributed by atoms with Crippen LogP contribution in [0.2, 0.25) is 0 Å². The summed E-state index contributed by atoms with van der Waals surface area (Å²) in [5.74, 6) is 1.66. The first-order valence-corrected chi connectivity index (χ1v) is 6.79. The Bertz CT molecular complexity index is 297. The summed E-state index contributed by atoms with van der Waals surface area (Å²) in [7, 11) is 0. The highest BCUT2D eigenvalue weighted by atomic mass is 35.5. The van der Waals surface area contributed by atoms with E-state index in [0.29, 0.717) is 24.3 Å². The van der Waals surface area contributed by atoms with Crippen molar-refractivity contribution >= 4 is 18.3 Å². The maximum absolute atomic E-state index is 12.2. The third-order valence-electron chi connectivity index (χ3n) is 4.88. The van der Waals surface area contributed by atoms with Crippen molar-refractivity contribution in [3.63, 3.8) is 0 Å². The highest BCUT2D eigenvalue weighted by Crippen LogP contribution is 2.38. The highest BCUT2D eigenvalue weighted by Gasteiger charge is 2.41. The Morgan fingerprint density at radius 1 is 1.24 bits per heavy atom. The predicted octanol–water partition coefficient (Wildman–Crippen LogP) is 1.94. The number of piperidine rings is 1. The Balaban J connectivity index is 0.00000108. The lowest BCUT2D eigenvalue weighted by Gasteiger charge is -2.28. The fraction of sp³-hybridized carbons (Fsp3) is 0.923. The molecule has 1 heterocycles. The van der Waals surface area contributed by atoms with E-state index in [9.17, 15) is 4.79 Å². The summed E-state index contributed by atoms with van der Waals surface area (Å²) in [6.45, 7) is 1.03. The zero-order valence-corrected chi connectivity index (χ0v) is 11.1. The summed E-state index contributed by atoms with van der Waals surface area (Å²) in [4.78, 5) is 14.4. The third-order valence-corrected chi connectivity index (χ3v) is 4.88. The van der Waals surface area contributed by atoms with Crippen LogP contribution in [0, 0.1) is 11.8 Å². The Hall–Kier alpha value is -0.280. The van der Waals surface area contributed by atoms with Crippen molar-refractivity contribution in [2.24, 2.45) is 17.6 Å². The lowest BCUT2D eigenvalue weighted by molar-refractivity contribution is -0.133. The van der Waals surface area contributed by atoms with Gasteiger partial charge in [-0.3, -0.25) is 4.79 Å². The van der Waals surface area contributed by atoms with E-state index >= 15 is 0 Å². The molecule has 3 aliphatic rings. The zero-order valence-electron chi connectivity index (χ0n) is 10.3. The van der Waals surface area contributed by atoms with Gasteiger partial charge in [0.25, 0.3) is 0 Å². The molecule has 2 unspecified atom stereocenters. The van der Waals surface area contributed by atoms with Gasteiger partial charge in [-0.15, -0.1) is 12.4 Å². The molecular formula is C13H23ClN2O. The molecule has 1 aliphatic heterocycles. The second-order valence-corrected chi connectivity index (χ2v) is 5.94. The van der Waals surface area contributed by atoms with Crippen LogP contribution in [0.4, 0.5) is 0 Å². The van der Waals surface area contributed by atoms with Crippen molar-refractivity contribution in [3.8, 4) is 0 Å². The predicted molar refractivity (Wildman–Crippen MR) is 70.0 cm³/mol. The standard InChI is InChI=1S/C13H22N2O.ClH/c14-12-3-1-2-10(12)7-13(16)15-8-9-4-5-11(15)6-9;/h9-12H,1-8,14H2;1H/t9?,10-,11?,12+;/m0./s1. The van der Waals surface area contributed by atoms with Crippen LogP contribution in [0.25, 0.3) is 0 Å². The van der Waals surface area contributed by atoms with Crippen LogP contribution in [-0.4, -0.2) is 29.4 Å². The van der Waals surface area contributed by atoms with E-state index < -0.39 is 0 Å². The molecule has 3 rings (SSSR count). The Morgan fingerprint density at radius 2 is 2.06 bits per heavy atom. The second kappa shape index (κ2) is 5.15. The fourth-order valence-electron chi connectivity index (χ4n) is 3.89.